The summed E-state index contributed by atoms with van der Waals surface area (Å²) in [5.74, 6) is 0. The molecule has 0 saturated carbocycles. The molecule has 3 aromatic rings. The number of rotatable bonds is 3. The van der Waals surface area contributed by atoms with Crippen molar-refractivity contribution in [1.29, 1.82) is 0 Å². The second-order valence-electron chi connectivity index (χ2n) is 4.88. The third-order valence-electron chi connectivity index (χ3n) is 3.36. The number of fused-ring (bicyclic) bond motifs is 2. The SMILES string of the molecule is O=C(NC/C(Br)=C/Br)Nc1c2ccccc2nc2ccccc12. The van der Waals surface area contributed by atoms with Gasteiger partial charge in [0.05, 0.1) is 23.3 Å². The Hall–Kier alpha value is -1.92. The van der Waals surface area contributed by atoms with Crippen LogP contribution in [0.5, 0.6) is 0 Å². The lowest BCUT2D eigenvalue weighted by atomic mass is 10.1. The molecule has 0 spiro atoms. The number of pyridine rings is 1. The summed E-state index contributed by atoms with van der Waals surface area (Å²) in [6.07, 6.45) is 0. The van der Waals surface area contributed by atoms with Gasteiger partial charge < -0.3 is 10.6 Å². The number of nitrogens with zero attached hydrogens (tertiary/aromatic N) is 1. The number of halogens is 2. The van der Waals surface area contributed by atoms with E-state index in [4.69, 9.17) is 0 Å². The Bertz CT molecular complexity index is 855. The molecular weight excluding hydrogens is 422 g/mol. The number of hydrogen-bond acceptors (Lipinski definition) is 2. The topological polar surface area (TPSA) is 54.0 Å². The molecule has 0 radical (unpaired) electrons. The lowest BCUT2D eigenvalue weighted by molar-refractivity contribution is 0.253. The zero-order chi connectivity index (χ0) is 16.2. The molecule has 0 atom stereocenters. The predicted molar refractivity (Wildman–Crippen MR) is 102 cm³/mol. The maximum Gasteiger partial charge on any atom is 0.319 e. The van der Waals surface area contributed by atoms with Crippen LogP contribution < -0.4 is 10.6 Å². The summed E-state index contributed by atoms with van der Waals surface area (Å²) in [5, 5.41) is 7.58. The van der Waals surface area contributed by atoms with Crippen molar-refractivity contribution in [3.05, 3.63) is 58.0 Å². The van der Waals surface area contributed by atoms with E-state index in [-0.39, 0.29) is 6.03 Å². The zero-order valence-electron chi connectivity index (χ0n) is 12.0. The summed E-state index contributed by atoms with van der Waals surface area (Å²) in [6.45, 7) is 0.401. The van der Waals surface area contributed by atoms with Crippen molar-refractivity contribution in [3.8, 4) is 0 Å². The van der Waals surface area contributed by atoms with Gasteiger partial charge in [0.15, 0.2) is 0 Å². The van der Waals surface area contributed by atoms with E-state index < -0.39 is 0 Å². The van der Waals surface area contributed by atoms with Gasteiger partial charge >= 0.3 is 6.03 Å². The first kappa shape index (κ1) is 16.0. The van der Waals surface area contributed by atoms with Crippen molar-refractivity contribution in [3.63, 3.8) is 0 Å². The Morgan fingerprint density at radius 2 is 1.61 bits per heavy atom. The third kappa shape index (κ3) is 3.54. The highest BCUT2D eigenvalue weighted by Gasteiger charge is 2.11. The largest absolute Gasteiger partial charge is 0.333 e. The predicted octanol–water partition coefficient (Wildman–Crippen LogP) is 5.14. The number of carbonyl (C=O) groups is 1. The van der Waals surface area contributed by atoms with Crippen LogP contribution in [-0.4, -0.2) is 17.6 Å². The Balaban J connectivity index is 2.01. The number of urea groups is 1. The van der Waals surface area contributed by atoms with E-state index in [0.717, 1.165) is 32.0 Å². The number of amides is 2. The molecule has 0 unspecified atom stereocenters. The number of hydrogen-bond donors (Lipinski definition) is 2. The Kier molecular flexibility index (Phi) is 4.93. The van der Waals surface area contributed by atoms with Crippen molar-refractivity contribution in [2.45, 2.75) is 0 Å². The molecule has 6 heteroatoms. The fourth-order valence-corrected chi connectivity index (χ4v) is 2.64. The Morgan fingerprint density at radius 1 is 1.04 bits per heavy atom. The normalized spacial score (nSPS) is 11.7. The zero-order valence-corrected chi connectivity index (χ0v) is 15.2. The van der Waals surface area contributed by atoms with Gasteiger partial charge in [-0.15, -0.1) is 0 Å². The van der Waals surface area contributed by atoms with Gasteiger partial charge in [0, 0.05) is 15.3 Å². The first-order chi connectivity index (χ1) is 11.2. The molecule has 4 nitrogen and oxygen atoms in total. The average Bonchev–Trinajstić information content (AvgIpc) is 2.59. The number of carbonyl (C=O) groups excluding carboxylic acids is 1. The molecule has 116 valence electrons. The van der Waals surface area contributed by atoms with Crippen LogP contribution in [0.1, 0.15) is 0 Å². The Morgan fingerprint density at radius 3 is 2.17 bits per heavy atom. The van der Waals surface area contributed by atoms with Crippen LogP contribution in [0.2, 0.25) is 0 Å². The average molecular weight is 435 g/mol. The number of anilines is 1. The quantitative estimate of drug-likeness (QED) is 0.560. The molecule has 1 aromatic heterocycles. The van der Waals surface area contributed by atoms with Crippen molar-refractivity contribution < 1.29 is 4.79 Å². The van der Waals surface area contributed by atoms with Gasteiger partial charge in [-0.05, 0) is 17.1 Å². The van der Waals surface area contributed by atoms with Gasteiger partial charge in [-0.25, -0.2) is 9.78 Å². The summed E-state index contributed by atoms with van der Waals surface area (Å²) >= 11 is 6.54. The molecule has 0 bridgehead atoms. The van der Waals surface area contributed by atoms with Crippen LogP contribution in [0.25, 0.3) is 21.8 Å². The van der Waals surface area contributed by atoms with Crippen LogP contribution >= 0.6 is 31.9 Å². The van der Waals surface area contributed by atoms with Crippen LogP contribution in [0, 0.1) is 0 Å². The molecular formula is C17H13Br2N3O. The standard InChI is InChI=1S/C17H13Br2N3O/c18-9-11(19)10-20-17(23)22-16-12-5-1-3-7-14(12)21-15-8-4-2-6-13(15)16/h1-9H,10H2,(H2,20,21,22,23)/b11-9-. The maximum atomic E-state index is 12.2. The monoisotopic (exact) mass is 433 g/mol. The molecule has 0 aliphatic heterocycles. The first-order valence-corrected chi connectivity index (χ1v) is 8.67. The highest BCUT2D eigenvalue weighted by atomic mass is 79.9. The third-order valence-corrected chi connectivity index (χ3v) is 5.04. The van der Waals surface area contributed by atoms with Crippen LogP contribution in [0.3, 0.4) is 0 Å². The minimum Gasteiger partial charge on any atom is -0.333 e. The molecule has 2 N–H and O–H groups in total. The van der Waals surface area contributed by atoms with Gasteiger partial charge in [0.1, 0.15) is 0 Å². The van der Waals surface area contributed by atoms with Crippen LogP contribution in [0.15, 0.2) is 58.0 Å². The first-order valence-electron chi connectivity index (χ1n) is 6.96. The molecule has 0 aliphatic rings. The summed E-state index contributed by atoms with van der Waals surface area (Å²) in [5.41, 5.74) is 2.47. The summed E-state index contributed by atoms with van der Waals surface area (Å²) < 4.78 is 0.845. The molecule has 2 aromatic carbocycles. The van der Waals surface area contributed by atoms with Gasteiger partial charge in [0.25, 0.3) is 0 Å². The van der Waals surface area contributed by atoms with Crippen molar-refractivity contribution in [2.24, 2.45) is 0 Å². The lowest BCUT2D eigenvalue weighted by Gasteiger charge is -2.13. The van der Waals surface area contributed by atoms with Crippen LogP contribution in [-0.2, 0) is 0 Å². The molecule has 0 aliphatic carbocycles. The molecule has 2 amide bonds. The van der Waals surface area contributed by atoms with E-state index in [0.29, 0.717) is 6.54 Å². The number of benzene rings is 2. The minimum atomic E-state index is -0.266. The highest BCUT2D eigenvalue weighted by molar-refractivity contribution is 9.14. The number of aromatic nitrogens is 1. The molecule has 0 fully saturated rings. The Labute approximate surface area is 150 Å². The smallest absolute Gasteiger partial charge is 0.319 e. The van der Waals surface area contributed by atoms with Crippen LogP contribution in [0.4, 0.5) is 10.5 Å². The van der Waals surface area contributed by atoms with E-state index in [1.54, 1.807) is 4.99 Å². The summed E-state index contributed by atoms with van der Waals surface area (Å²) in [4.78, 5) is 18.6. The van der Waals surface area contributed by atoms with E-state index >= 15 is 0 Å². The second-order valence-corrected chi connectivity index (χ2v) is 6.36. The summed E-state index contributed by atoms with van der Waals surface area (Å²) in [6, 6.07) is 15.3. The van der Waals surface area contributed by atoms with Gasteiger partial charge in [-0.2, -0.15) is 0 Å². The lowest BCUT2D eigenvalue weighted by Crippen LogP contribution is -2.29. The molecule has 0 saturated heterocycles. The van der Waals surface area contributed by atoms with E-state index in [1.165, 1.54) is 0 Å². The minimum absolute atomic E-state index is 0.266. The van der Waals surface area contributed by atoms with E-state index in [9.17, 15) is 4.79 Å². The fourth-order valence-electron chi connectivity index (χ4n) is 2.34. The van der Waals surface area contributed by atoms with Gasteiger partial charge in [-0.3, -0.25) is 0 Å². The van der Waals surface area contributed by atoms with Gasteiger partial charge in [-0.1, -0.05) is 68.3 Å². The van der Waals surface area contributed by atoms with E-state index in [2.05, 4.69) is 47.5 Å². The van der Waals surface area contributed by atoms with Crippen molar-refractivity contribution >= 4 is 65.4 Å². The maximum absolute atomic E-state index is 12.2. The number of nitrogens with one attached hydrogen (secondary N) is 2. The molecule has 1 heterocycles. The number of para-hydroxylation sites is 2. The van der Waals surface area contributed by atoms with E-state index in [1.807, 2.05) is 48.5 Å². The molecule has 3 rings (SSSR count). The highest BCUT2D eigenvalue weighted by Crippen LogP contribution is 2.30. The van der Waals surface area contributed by atoms with Gasteiger partial charge in [0.2, 0.25) is 0 Å². The van der Waals surface area contributed by atoms with Crippen molar-refractivity contribution in [1.82, 2.24) is 10.3 Å². The van der Waals surface area contributed by atoms with Crippen molar-refractivity contribution in [2.75, 3.05) is 11.9 Å². The summed E-state index contributed by atoms with van der Waals surface area (Å²) in [7, 11) is 0. The fraction of sp³-hybridized carbons (Fsp3) is 0.0588. The molecule has 23 heavy (non-hydrogen) atoms. The second kappa shape index (κ2) is 7.10.